The summed E-state index contributed by atoms with van der Waals surface area (Å²) in [5, 5.41) is 0. The van der Waals surface area contributed by atoms with E-state index in [4.69, 9.17) is 0 Å². The zero-order valence-electron chi connectivity index (χ0n) is 11.3. The van der Waals surface area contributed by atoms with Gasteiger partial charge in [-0.05, 0) is 32.4 Å². The Morgan fingerprint density at radius 2 is 1.95 bits per heavy atom. The lowest BCUT2D eigenvalue weighted by Crippen LogP contribution is -2.40. The summed E-state index contributed by atoms with van der Waals surface area (Å²) in [6, 6.07) is 7.20. The predicted octanol–water partition coefficient (Wildman–Crippen LogP) is 1.64. The maximum atomic E-state index is 12.4. The van der Waals surface area contributed by atoms with Crippen LogP contribution in [0.15, 0.2) is 24.3 Å². The first-order valence-electron chi connectivity index (χ1n) is 6.51. The Kier molecular flexibility index (Phi) is 3.94. The van der Waals surface area contributed by atoms with Gasteiger partial charge >= 0.3 is 0 Å². The van der Waals surface area contributed by atoms with Crippen LogP contribution in [0, 0.1) is 6.92 Å². The smallest absolute Gasteiger partial charge is 0.254 e. The van der Waals surface area contributed by atoms with E-state index in [9.17, 15) is 13.2 Å². The second kappa shape index (κ2) is 5.33. The molecule has 104 valence electrons. The van der Waals surface area contributed by atoms with Gasteiger partial charge in [-0.25, -0.2) is 8.42 Å². The Balaban J connectivity index is 2.18. The number of carbonyl (C=O) groups excluding carboxylic acids is 1. The van der Waals surface area contributed by atoms with Crippen LogP contribution in [0.1, 0.15) is 29.3 Å². The summed E-state index contributed by atoms with van der Waals surface area (Å²) in [4.78, 5) is 14.1. The summed E-state index contributed by atoms with van der Waals surface area (Å²) < 4.78 is 23.1. The second-order valence-electron chi connectivity index (χ2n) is 5.01. The molecule has 1 amide bonds. The lowest BCUT2D eigenvalue weighted by Gasteiger charge is -2.27. The van der Waals surface area contributed by atoms with E-state index in [1.165, 1.54) is 0 Å². The van der Waals surface area contributed by atoms with Crippen LogP contribution in [0.4, 0.5) is 0 Å². The first-order valence-corrected chi connectivity index (χ1v) is 8.33. The molecular formula is C14H19NO3S. The van der Waals surface area contributed by atoms with Crippen molar-refractivity contribution in [2.24, 2.45) is 0 Å². The third kappa shape index (κ3) is 3.15. The van der Waals surface area contributed by atoms with Gasteiger partial charge in [-0.2, -0.15) is 0 Å². The minimum Gasteiger partial charge on any atom is -0.335 e. The quantitative estimate of drug-likeness (QED) is 0.846. The normalized spacial score (nSPS) is 21.3. The zero-order valence-corrected chi connectivity index (χ0v) is 12.1. The van der Waals surface area contributed by atoms with Crippen LogP contribution in [-0.4, -0.2) is 43.3 Å². The van der Waals surface area contributed by atoms with Crippen molar-refractivity contribution in [3.63, 3.8) is 0 Å². The van der Waals surface area contributed by atoms with Crippen molar-refractivity contribution in [1.82, 2.24) is 4.90 Å². The fourth-order valence-electron chi connectivity index (χ4n) is 2.45. The molecule has 1 fully saturated rings. The van der Waals surface area contributed by atoms with Crippen LogP contribution < -0.4 is 0 Å². The van der Waals surface area contributed by atoms with E-state index in [2.05, 4.69) is 0 Å². The summed E-state index contributed by atoms with van der Waals surface area (Å²) in [5.74, 6) is 0.206. The Hall–Kier alpha value is -1.36. The average Bonchev–Trinajstić information content (AvgIpc) is 2.71. The molecule has 5 heteroatoms. The monoisotopic (exact) mass is 281 g/mol. The van der Waals surface area contributed by atoms with Gasteiger partial charge in [-0.15, -0.1) is 0 Å². The van der Waals surface area contributed by atoms with Crippen molar-refractivity contribution in [3.05, 3.63) is 35.4 Å². The van der Waals surface area contributed by atoms with E-state index in [0.717, 1.165) is 5.56 Å². The van der Waals surface area contributed by atoms with E-state index >= 15 is 0 Å². The summed E-state index contributed by atoms with van der Waals surface area (Å²) in [6.45, 7) is 4.39. The molecule has 0 bridgehead atoms. The van der Waals surface area contributed by atoms with Crippen LogP contribution in [0.2, 0.25) is 0 Å². The van der Waals surface area contributed by atoms with E-state index in [1.54, 1.807) is 17.0 Å². The van der Waals surface area contributed by atoms with Gasteiger partial charge in [0.1, 0.15) is 0 Å². The molecule has 1 aromatic carbocycles. The van der Waals surface area contributed by atoms with E-state index in [1.807, 2.05) is 26.0 Å². The van der Waals surface area contributed by atoms with Crippen LogP contribution in [-0.2, 0) is 9.84 Å². The molecule has 0 aliphatic carbocycles. The highest BCUT2D eigenvalue weighted by Crippen LogP contribution is 2.20. The maximum absolute atomic E-state index is 12.4. The molecule has 1 heterocycles. The number of aryl methyl sites for hydroxylation is 1. The summed E-state index contributed by atoms with van der Waals surface area (Å²) in [6.07, 6.45) is 0.549. The number of hydrogen-bond acceptors (Lipinski definition) is 3. The van der Waals surface area contributed by atoms with Gasteiger partial charge in [0.15, 0.2) is 9.84 Å². The van der Waals surface area contributed by atoms with Crippen LogP contribution in [0.3, 0.4) is 0 Å². The van der Waals surface area contributed by atoms with E-state index < -0.39 is 9.84 Å². The average molecular weight is 281 g/mol. The van der Waals surface area contributed by atoms with Crippen molar-refractivity contribution in [1.29, 1.82) is 0 Å². The number of hydrogen-bond donors (Lipinski definition) is 0. The molecule has 1 atom stereocenters. The highest BCUT2D eigenvalue weighted by molar-refractivity contribution is 7.91. The van der Waals surface area contributed by atoms with Crippen molar-refractivity contribution >= 4 is 15.7 Å². The van der Waals surface area contributed by atoms with Crippen molar-refractivity contribution in [2.45, 2.75) is 26.3 Å². The Labute approximate surface area is 114 Å². The molecule has 0 saturated carbocycles. The lowest BCUT2D eigenvalue weighted by molar-refractivity contribution is 0.0708. The van der Waals surface area contributed by atoms with Crippen LogP contribution in [0.5, 0.6) is 0 Å². The highest BCUT2D eigenvalue weighted by atomic mass is 32.2. The number of rotatable bonds is 3. The molecular weight excluding hydrogens is 262 g/mol. The Morgan fingerprint density at radius 3 is 2.42 bits per heavy atom. The molecule has 4 nitrogen and oxygen atoms in total. The topological polar surface area (TPSA) is 54.5 Å². The summed E-state index contributed by atoms with van der Waals surface area (Å²) >= 11 is 0. The fraction of sp³-hybridized carbons (Fsp3) is 0.500. The molecule has 19 heavy (non-hydrogen) atoms. The summed E-state index contributed by atoms with van der Waals surface area (Å²) in [7, 11) is -2.97. The molecule has 0 aromatic heterocycles. The van der Waals surface area contributed by atoms with Crippen LogP contribution in [0.25, 0.3) is 0 Å². The SMILES string of the molecule is CCN(C(=O)c1ccc(C)cc1)C1CCS(=O)(=O)C1. The van der Waals surface area contributed by atoms with Gasteiger partial charge < -0.3 is 4.90 Å². The molecule has 0 N–H and O–H groups in total. The minimum absolute atomic E-state index is 0.0791. The largest absolute Gasteiger partial charge is 0.335 e. The number of amides is 1. The van der Waals surface area contributed by atoms with Gasteiger partial charge in [0.2, 0.25) is 0 Å². The molecule has 1 unspecified atom stereocenters. The third-order valence-corrected chi connectivity index (χ3v) is 5.30. The number of sulfone groups is 1. The van der Waals surface area contributed by atoms with Crippen molar-refractivity contribution < 1.29 is 13.2 Å². The van der Waals surface area contributed by atoms with Gasteiger partial charge in [-0.3, -0.25) is 4.79 Å². The molecule has 1 aliphatic rings. The van der Waals surface area contributed by atoms with Gasteiger partial charge in [-0.1, -0.05) is 17.7 Å². The standard InChI is InChI=1S/C14H19NO3S/c1-3-15(13-8-9-19(17,18)10-13)14(16)12-6-4-11(2)5-7-12/h4-7,13H,3,8-10H2,1-2H3. The fourth-order valence-corrected chi connectivity index (χ4v) is 4.18. The Bertz CT molecular complexity index is 563. The zero-order chi connectivity index (χ0) is 14.0. The van der Waals surface area contributed by atoms with Crippen molar-refractivity contribution in [3.8, 4) is 0 Å². The number of benzene rings is 1. The van der Waals surface area contributed by atoms with E-state index in [0.29, 0.717) is 18.5 Å². The van der Waals surface area contributed by atoms with Gasteiger partial charge in [0, 0.05) is 18.2 Å². The predicted molar refractivity (Wildman–Crippen MR) is 74.9 cm³/mol. The molecule has 0 spiro atoms. The van der Waals surface area contributed by atoms with E-state index in [-0.39, 0.29) is 23.5 Å². The molecule has 0 radical (unpaired) electrons. The first kappa shape index (κ1) is 14.1. The van der Waals surface area contributed by atoms with Crippen LogP contribution >= 0.6 is 0 Å². The van der Waals surface area contributed by atoms with Gasteiger partial charge in [0.25, 0.3) is 5.91 Å². The third-order valence-electron chi connectivity index (χ3n) is 3.55. The maximum Gasteiger partial charge on any atom is 0.254 e. The first-order chi connectivity index (χ1) is 8.93. The minimum atomic E-state index is -2.97. The highest BCUT2D eigenvalue weighted by Gasteiger charge is 2.34. The Morgan fingerprint density at radius 1 is 1.32 bits per heavy atom. The second-order valence-corrected chi connectivity index (χ2v) is 7.24. The molecule has 1 aromatic rings. The summed E-state index contributed by atoms with van der Waals surface area (Å²) in [5.41, 5.74) is 1.72. The molecule has 2 rings (SSSR count). The molecule has 1 saturated heterocycles. The van der Waals surface area contributed by atoms with Crippen molar-refractivity contribution in [2.75, 3.05) is 18.1 Å². The molecule has 1 aliphatic heterocycles. The number of nitrogens with zero attached hydrogens (tertiary/aromatic N) is 1. The number of carbonyl (C=O) groups is 1. The lowest BCUT2D eigenvalue weighted by atomic mass is 10.1. The van der Waals surface area contributed by atoms with Gasteiger partial charge in [0.05, 0.1) is 11.5 Å².